The number of carbonyl (C=O) groups is 1. The third kappa shape index (κ3) is 2.22. The van der Waals surface area contributed by atoms with Crippen LogP contribution < -0.4 is 16.6 Å². The molecule has 0 saturated carbocycles. The quantitative estimate of drug-likeness (QED) is 0.740. The molecule has 1 aromatic heterocycles. The van der Waals surface area contributed by atoms with Crippen LogP contribution >= 0.6 is 11.6 Å². The fourth-order valence-electron chi connectivity index (χ4n) is 3.51. The summed E-state index contributed by atoms with van der Waals surface area (Å²) in [5.41, 5.74) is 1.22. The SMILES string of the molecule is O=C1CCCC2=C1C(c1ccccc1Cl)c1c([nH]c(=O)[nH]c1=O)N2. The van der Waals surface area contributed by atoms with E-state index in [1.807, 2.05) is 6.07 Å². The first-order chi connectivity index (χ1) is 11.6. The highest BCUT2D eigenvalue weighted by atomic mass is 35.5. The van der Waals surface area contributed by atoms with Gasteiger partial charge in [-0.2, -0.15) is 0 Å². The number of fused-ring (bicyclic) bond motifs is 1. The molecule has 3 N–H and O–H groups in total. The molecule has 24 heavy (non-hydrogen) atoms. The minimum atomic E-state index is -0.588. The summed E-state index contributed by atoms with van der Waals surface area (Å²) in [6.07, 6.45) is 1.87. The number of benzene rings is 1. The van der Waals surface area contributed by atoms with Crippen LogP contribution in [0.25, 0.3) is 0 Å². The largest absolute Gasteiger partial charge is 0.344 e. The van der Waals surface area contributed by atoms with Crippen LogP contribution in [-0.2, 0) is 4.79 Å². The summed E-state index contributed by atoms with van der Waals surface area (Å²) in [6.45, 7) is 0. The van der Waals surface area contributed by atoms with Crippen LogP contribution in [0.15, 0.2) is 45.1 Å². The molecule has 1 unspecified atom stereocenters. The van der Waals surface area contributed by atoms with Crippen LogP contribution in [0.3, 0.4) is 0 Å². The molecular weight excluding hydrogens is 330 g/mol. The Balaban J connectivity index is 2.06. The number of ketones is 1. The zero-order valence-electron chi connectivity index (χ0n) is 12.6. The Hall–Kier alpha value is -2.60. The highest BCUT2D eigenvalue weighted by Crippen LogP contribution is 2.44. The molecule has 2 aliphatic rings. The molecule has 2 heterocycles. The van der Waals surface area contributed by atoms with Gasteiger partial charge in [0.2, 0.25) is 0 Å². The van der Waals surface area contributed by atoms with Gasteiger partial charge in [-0.25, -0.2) is 4.79 Å². The lowest BCUT2D eigenvalue weighted by atomic mass is 9.76. The van der Waals surface area contributed by atoms with E-state index in [9.17, 15) is 14.4 Å². The molecule has 1 aliphatic heterocycles. The predicted octanol–water partition coefficient (Wildman–Crippen LogP) is 2.28. The molecule has 6 nitrogen and oxygen atoms in total. The Bertz CT molecular complexity index is 1000. The topological polar surface area (TPSA) is 94.8 Å². The van der Waals surface area contributed by atoms with Crippen LogP contribution in [0.5, 0.6) is 0 Å². The van der Waals surface area contributed by atoms with Gasteiger partial charge in [-0.3, -0.25) is 19.6 Å². The fraction of sp³-hybridized carbons (Fsp3) is 0.235. The Morgan fingerprint density at radius 1 is 1.04 bits per heavy atom. The van der Waals surface area contributed by atoms with Crippen LogP contribution in [0, 0.1) is 0 Å². The number of nitrogens with one attached hydrogen (secondary N) is 3. The molecule has 2 aromatic rings. The minimum Gasteiger partial charge on any atom is -0.344 e. The lowest BCUT2D eigenvalue weighted by molar-refractivity contribution is -0.116. The van der Waals surface area contributed by atoms with Gasteiger partial charge in [-0.1, -0.05) is 29.8 Å². The van der Waals surface area contributed by atoms with E-state index in [2.05, 4.69) is 15.3 Å². The number of rotatable bonds is 1. The molecule has 0 bridgehead atoms. The summed E-state index contributed by atoms with van der Waals surface area (Å²) < 4.78 is 0. The van der Waals surface area contributed by atoms with Crippen LogP contribution in [0.1, 0.15) is 36.3 Å². The highest BCUT2D eigenvalue weighted by Gasteiger charge is 2.38. The molecule has 0 fully saturated rings. The molecule has 4 rings (SSSR count). The fourth-order valence-corrected chi connectivity index (χ4v) is 3.76. The average Bonchev–Trinajstić information content (AvgIpc) is 2.53. The third-order valence-electron chi connectivity index (χ3n) is 4.51. The first-order valence-corrected chi connectivity index (χ1v) is 8.08. The number of H-pyrrole nitrogens is 2. The van der Waals surface area contributed by atoms with Crippen molar-refractivity contribution in [3.8, 4) is 0 Å². The normalized spacial score (nSPS) is 19.5. The third-order valence-corrected chi connectivity index (χ3v) is 4.85. The van der Waals surface area contributed by atoms with E-state index in [0.29, 0.717) is 40.4 Å². The molecule has 0 amide bonds. The number of anilines is 1. The summed E-state index contributed by atoms with van der Waals surface area (Å²) in [4.78, 5) is 41.6. The van der Waals surface area contributed by atoms with Gasteiger partial charge in [0.25, 0.3) is 5.56 Å². The number of Topliss-reactive ketones (excluding diaryl/α,β-unsaturated/α-hetero) is 1. The van der Waals surface area contributed by atoms with Crippen molar-refractivity contribution in [1.82, 2.24) is 9.97 Å². The maximum absolute atomic E-state index is 12.6. The van der Waals surface area contributed by atoms with Crippen molar-refractivity contribution in [2.75, 3.05) is 5.32 Å². The van der Waals surface area contributed by atoms with Crippen LogP contribution in [0.2, 0.25) is 5.02 Å². The van der Waals surface area contributed by atoms with Gasteiger partial charge in [-0.05, 0) is 24.5 Å². The second kappa shape index (κ2) is 5.49. The Labute approximate surface area is 141 Å². The van der Waals surface area contributed by atoms with Crippen molar-refractivity contribution in [3.63, 3.8) is 0 Å². The van der Waals surface area contributed by atoms with E-state index in [0.717, 1.165) is 12.1 Å². The molecule has 122 valence electrons. The monoisotopic (exact) mass is 343 g/mol. The number of carbonyl (C=O) groups excluding carboxylic acids is 1. The van der Waals surface area contributed by atoms with Crippen LogP contribution in [0.4, 0.5) is 5.82 Å². The van der Waals surface area contributed by atoms with E-state index in [4.69, 9.17) is 11.6 Å². The molecule has 1 atom stereocenters. The van der Waals surface area contributed by atoms with Crippen molar-refractivity contribution >= 4 is 23.2 Å². The smallest absolute Gasteiger partial charge is 0.327 e. The summed E-state index contributed by atoms with van der Waals surface area (Å²) in [7, 11) is 0. The molecule has 0 spiro atoms. The van der Waals surface area contributed by atoms with Crippen molar-refractivity contribution in [2.45, 2.75) is 25.2 Å². The number of hydrogen-bond acceptors (Lipinski definition) is 4. The van der Waals surface area contributed by atoms with Crippen molar-refractivity contribution in [2.24, 2.45) is 0 Å². The first-order valence-electron chi connectivity index (χ1n) is 7.70. The average molecular weight is 344 g/mol. The van der Waals surface area contributed by atoms with Gasteiger partial charge in [-0.15, -0.1) is 0 Å². The van der Waals surface area contributed by atoms with Gasteiger partial charge >= 0.3 is 5.69 Å². The second-order valence-corrected chi connectivity index (χ2v) is 6.35. The second-order valence-electron chi connectivity index (χ2n) is 5.95. The van der Waals surface area contributed by atoms with E-state index in [-0.39, 0.29) is 5.78 Å². The van der Waals surface area contributed by atoms with E-state index in [1.165, 1.54) is 0 Å². The number of aromatic nitrogens is 2. The molecule has 0 saturated heterocycles. The van der Waals surface area contributed by atoms with Crippen molar-refractivity contribution in [1.29, 1.82) is 0 Å². The zero-order chi connectivity index (χ0) is 16.8. The lowest BCUT2D eigenvalue weighted by Crippen LogP contribution is -2.36. The van der Waals surface area contributed by atoms with Gasteiger partial charge in [0.15, 0.2) is 5.78 Å². The summed E-state index contributed by atoms with van der Waals surface area (Å²) in [6, 6.07) is 7.14. The van der Waals surface area contributed by atoms with E-state index in [1.54, 1.807) is 18.2 Å². The minimum absolute atomic E-state index is 0.00456. The molecule has 1 aromatic carbocycles. The van der Waals surface area contributed by atoms with E-state index >= 15 is 0 Å². The summed E-state index contributed by atoms with van der Waals surface area (Å²) in [5, 5.41) is 3.55. The van der Waals surface area contributed by atoms with Crippen LogP contribution in [-0.4, -0.2) is 15.8 Å². The van der Waals surface area contributed by atoms with Gasteiger partial charge in [0.1, 0.15) is 5.82 Å². The Morgan fingerprint density at radius 2 is 1.83 bits per heavy atom. The maximum atomic E-state index is 12.6. The first kappa shape index (κ1) is 15.0. The number of halogens is 1. The number of allylic oxidation sites excluding steroid dienone is 2. The summed E-state index contributed by atoms with van der Waals surface area (Å²) >= 11 is 6.35. The lowest BCUT2D eigenvalue weighted by Gasteiger charge is -2.33. The Morgan fingerprint density at radius 3 is 2.62 bits per heavy atom. The van der Waals surface area contributed by atoms with E-state index < -0.39 is 17.2 Å². The van der Waals surface area contributed by atoms with Gasteiger partial charge < -0.3 is 5.32 Å². The highest BCUT2D eigenvalue weighted by molar-refractivity contribution is 6.31. The Kier molecular flexibility index (Phi) is 3.42. The molecule has 1 aliphatic carbocycles. The number of aromatic amines is 2. The van der Waals surface area contributed by atoms with Crippen molar-refractivity contribution in [3.05, 3.63) is 72.5 Å². The van der Waals surface area contributed by atoms with Crippen molar-refractivity contribution < 1.29 is 4.79 Å². The standard InChI is InChI=1S/C17H14ClN3O3/c18-9-5-2-1-4-8(9)12-13-10(6-3-7-11(13)22)19-15-14(12)16(23)21-17(24)20-15/h1-2,4-5,12H,3,6-7H2,(H3,19,20,21,23,24). The summed E-state index contributed by atoms with van der Waals surface area (Å²) in [5.74, 6) is -0.245. The number of hydrogen-bond donors (Lipinski definition) is 3. The van der Waals surface area contributed by atoms with Gasteiger partial charge in [0, 0.05) is 28.6 Å². The zero-order valence-corrected chi connectivity index (χ0v) is 13.4. The predicted molar refractivity (Wildman–Crippen MR) is 90.5 cm³/mol. The maximum Gasteiger partial charge on any atom is 0.327 e. The molecule has 0 radical (unpaired) electrons. The van der Waals surface area contributed by atoms with Gasteiger partial charge in [0.05, 0.1) is 5.56 Å². The molecule has 7 heteroatoms. The molecular formula is C17H14ClN3O3.